The Labute approximate surface area is 284 Å². The molecule has 14 heteroatoms. The molecular weight excluding hydrogens is 632 g/mol. The molecule has 2 aliphatic heterocycles. The molecule has 2 fully saturated rings. The highest BCUT2D eigenvalue weighted by Crippen LogP contribution is 2.31. The molecule has 14 nitrogen and oxygen atoms in total. The number of aliphatic hydroxyl groups excluding tert-OH is 5. The van der Waals surface area contributed by atoms with E-state index < -0.39 is 92.5 Å². The lowest BCUT2D eigenvalue weighted by Gasteiger charge is -2.46. The predicted octanol–water partition coefficient (Wildman–Crippen LogP) is 2.56. The van der Waals surface area contributed by atoms with Gasteiger partial charge in [0.15, 0.2) is 18.5 Å². The van der Waals surface area contributed by atoms with E-state index in [1.807, 2.05) is 0 Å². The molecule has 0 amide bonds. The summed E-state index contributed by atoms with van der Waals surface area (Å²) in [4.78, 5) is 36.4. The molecule has 0 bridgehead atoms. The van der Waals surface area contributed by atoms with Gasteiger partial charge >= 0.3 is 17.9 Å². The van der Waals surface area contributed by atoms with Crippen molar-refractivity contribution in [1.29, 1.82) is 0 Å². The number of rotatable bonds is 23. The van der Waals surface area contributed by atoms with E-state index in [-0.39, 0.29) is 6.42 Å². The molecule has 2 rings (SSSR count). The Balaban J connectivity index is 1.91. The van der Waals surface area contributed by atoms with Crippen molar-refractivity contribution in [2.24, 2.45) is 0 Å². The van der Waals surface area contributed by atoms with Gasteiger partial charge in [0, 0.05) is 20.3 Å². The second-order valence-corrected chi connectivity index (χ2v) is 12.9. The van der Waals surface area contributed by atoms with Gasteiger partial charge in [0.05, 0.1) is 6.61 Å². The molecule has 280 valence electrons. The number of unbranched alkanes of at least 4 members (excludes halogenated alkanes) is 14. The van der Waals surface area contributed by atoms with E-state index in [9.17, 15) is 39.9 Å². The molecule has 0 radical (unpaired) electrons. The van der Waals surface area contributed by atoms with Crippen molar-refractivity contribution in [3.63, 3.8) is 0 Å². The highest BCUT2D eigenvalue weighted by atomic mass is 16.8. The Morgan fingerprint density at radius 1 is 0.583 bits per heavy atom. The SMILES string of the molecule is CCCCCCCCCCCCCCCCCC(=O)OC1C(OC2OC(CO)C(O)C(O)C2O)OC(COC(C)=O)C(O)C1OC(C)=O. The minimum Gasteiger partial charge on any atom is -0.463 e. The van der Waals surface area contributed by atoms with Crippen molar-refractivity contribution in [2.45, 2.75) is 185 Å². The molecule has 0 aromatic heterocycles. The van der Waals surface area contributed by atoms with Crippen LogP contribution in [0.15, 0.2) is 0 Å². The summed E-state index contributed by atoms with van der Waals surface area (Å²) in [7, 11) is 0. The van der Waals surface area contributed by atoms with Crippen LogP contribution in [0.1, 0.15) is 124 Å². The molecule has 48 heavy (non-hydrogen) atoms. The van der Waals surface area contributed by atoms with Crippen molar-refractivity contribution in [3.8, 4) is 0 Å². The van der Waals surface area contributed by atoms with Crippen LogP contribution in [-0.2, 0) is 42.8 Å². The average Bonchev–Trinajstić information content (AvgIpc) is 3.04. The van der Waals surface area contributed by atoms with E-state index in [0.717, 1.165) is 39.5 Å². The zero-order valence-corrected chi connectivity index (χ0v) is 28.9. The predicted molar refractivity (Wildman–Crippen MR) is 171 cm³/mol. The Kier molecular flexibility index (Phi) is 20.7. The molecule has 10 unspecified atom stereocenters. The van der Waals surface area contributed by atoms with Crippen molar-refractivity contribution < 1.29 is 68.3 Å². The summed E-state index contributed by atoms with van der Waals surface area (Å²) in [6, 6.07) is 0. The molecular formula is C34H60O14. The first-order chi connectivity index (χ1) is 23.0. The fourth-order valence-corrected chi connectivity index (χ4v) is 5.95. The number of ether oxygens (including phenoxy) is 6. The monoisotopic (exact) mass is 692 g/mol. The van der Waals surface area contributed by atoms with E-state index in [1.165, 1.54) is 64.2 Å². The van der Waals surface area contributed by atoms with Crippen LogP contribution < -0.4 is 0 Å². The molecule has 0 aromatic rings. The summed E-state index contributed by atoms with van der Waals surface area (Å²) < 4.78 is 32.8. The molecule has 5 N–H and O–H groups in total. The van der Waals surface area contributed by atoms with Crippen molar-refractivity contribution in [1.82, 2.24) is 0 Å². The number of esters is 3. The van der Waals surface area contributed by atoms with Crippen LogP contribution >= 0.6 is 0 Å². The van der Waals surface area contributed by atoms with Gasteiger partial charge in [-0.2, -0.15) is 0 Å². The van der Waals surface area contributed by atoms with E-state index in [4.69, 9.17) is 28.4 Å². The summed E-state index contributed by atoms with van der Waals surface area (Å²) in [5.41, 5.74) is 0. The quantitative estimate of drug-likeness (QED) is 0.0593. The molecule has 10 atom stereocenters. The smallest absolute Gasteiger partial charge is 0.306 e. The summed E-state index contributed by atoms with van der Waals surface area (Å²) in [5.74, 6) is -2.18. The summed E-state index contributed by atoms with van der Waals surface area (Å²) in [5, 5.41) is 51.4. The zero-order chi connectivity index (χ0) is 35.5. The maximum atomic E-state index is 13.0. The first-order valence-corrected chi connectivity index (χ1v) is 17.8. The van der Waals surface area contributed by atoms with Crippen LogP contribution in [0.4, 0.5) is 0 Å². The molecule has 0 saturated carbocycles. The Bertz CT molecular complexity index is 916. The van der Waals surface area contributed by atoms with E-state index in [1.54, 1.807) is 0 Å². The molecule has 0 spiro atoms. The average molecular weight is 693 g/mol. The zero-order valence-electron chi connectivity index (χ0n) is 28.9. The Morgan fingerprint density at radius 2 is 1.10 bits per heavy atom. The summed E-state index contributed by atoms with van der Waals surface area (Å²) in [6.07, 6.45) is 1.58. The summed E-state index contributed by atoms with van der Waals surface area (Å²) in [6.45, 7) is 3.25. The van der Waals surface area contributed by atoms with Crippen molar-refractivity contribution in [2.75, 3.05) is 13.2 Å². The maximum absolute atomic E-state index is 13.0. The first kappa shape index (κ1) is 42.3. The number of carbonyl (C=O) groups excluding carboxylic acids is 3. The van der Waals surface area contributed by atoms with Gasteiger partial charge in [0.2, 0.25) is 6.29 Å². The lowest BCUT2D eigenvalue weighted by atomic mass is 9.97. The number of hydrogen-bond donors (Lipinski definition) is 5. The molecule has 2 aliphatic rings. The van der Waals surface area contributed by atoms with E-state index >= 15 is 0 Å². The van der Waals surface area contributed by atoms with E-state index in [2.05, 4.69) is 6.92 Å². The van der Waals surface area contributed by atoms with Crippen LogP contribution in [0.3, 0.4) is 0 Å². The van der Waals surface area contributed by atoms with Crippen LogP contribution in [0.25, 0.3) is 0 Å². The van der Waals surface area contributed by atoms with Gasteiger partial charge in [0.1, 0.15) is 43.2 Å². The van der Waals surface area contributed by atoms with Gasteiger partial charge in [-0.1, -0.05) is 96.8 Å². The third kappa shape index (κ3) is 14.9. The maximum Gasteiger partial charge on any atom is 0.306 e. The normalized spacial score (nSPS) is 30.5. The van der Waals surface area contributed by atoms with Crippen molar-refractivity contribution >= 4 is 17.9 Å². The van der Waals surface area contributed by atoms with Crippen LogP contribution in [-0.4, -0.2) is 118 Å². The first-order valence-electron chi connectivity index (χ1n) is 17.8. The molecule has 0 aromatic carbocycles. The second kappa shape index (κ2) is 23.5. The lowest BCUT2D eigenvalue weighted by molar-refractivity contribution is -0.377. The van der Waals surface area contributed by atoms with Crippen LogP contribution in [0, 0.1) is 0 Å². The minimum atomic E-state index is -1.82. The lowest BCUT2D eigenvalue weighted by Crippen LogP contribution is -2.65. The number of carbonyl (C=O) groups is 3. The minimum absolute atomic E-state index is 0.0291. The highest BCUT2D eigenvalue weighted by Gasteiger charge is 2.53. The molecule has 2 heterocycles. The third-order valence-corrected chi connectivity index (χ3v) is 8.74. The second-order valence-electron chi connectivity index (χ2n) is 12.9. The number of hydrogen-bond acceptors (Lipinski definition) is 14. The molecule has 0 aliphatic carbocycles. The van der Waals surface area contributed by atoms with Gasteiger partial charge in [-0.25, -0.2) is 0 Å². The molecule has 2 saturated heterocycles. The summed E-state index contributed by atoms with van der Waals surface area (Å²) >= 11 is 0. The Hall–Kier alpha value is -1.91. The largest absolute Gasteiger partial charge is 0.463 e. The van der Waals surface area contributed by atoms with Crippen molar-refractivity contribution in [3.05, 3.63) is 0 Å². The van der Waals surface area contributed by atoms with Gasteiger partial charge < -0.3 is 54.0 Å². The topological polar surface area (TPSA) is 208 Å². The van der Waals surface area contributed by atoms with Gasteiger partial charge in [-0.05, 0) is 6.42 Å². The van der Waals surface area contributed by atoms with Gasteiger partial charge in [0.25, 0.3) is 0 Å². The van der Waals surface area contributed by atoms with Crippen LogP contribution in [0.5, 0.6) is 0 Å². The Morgan fingerprint density at radius 3 is 1.60 bits per heavy atom. The van der Waals surface area contributed by atoms with Gasteiger partial charge in [-0.15, -0.1) is 0 Å². The highest BCUT2D eigenvalue weighted by molar-refractivity contribution is 5.70. The standard InChI is InChI=1S/C34H60O14/c1-4-5-6-7-8-9-10-11-12-13-14-15-16-17-18-19-26(38)47-32-31(44-23(3)37)28(40)25(21-43-22(2)36)46-34(32)48-33-30(42)29(41)27(39)24(20-35)45-33/h24-25,27-35,39-42H,4-21H2,1-3H3. The number of aliphatic hydroxyl groups is 5. The fraction of sp³-hybridized carbons (Fsp3) is 0.912. The van der Waals surface area contributed by atoms with Gasteiger partial charge in [-0.3, -0.25) is 14.4 Å². The third-order valence-electron chi connectivity index (χ3n) is 8.74. The van der Waals surface area contributed by atoms with Crippen LogP contribution in [0.2, 0.25) is 0 Å². The fourth-order valence-electron chi connectivity index (χ4n) is 5.95. The van der Waals surface area contributed by atoms with E-state index in [0.29, 0.717) is 6.42 Å².